The Morgan fingerprint density at radius 2 is 2.10 bits per heavy atom. The first-order valence-electron chi connectivity index (χ1n) is 10.6. The van der Waals surface area contributed by atoms with Gasteiger partial charge in [-0.15, -0.1) is 17.7 Å². The van der Waals surface area contributed by atoms with E-state index in [1.54, 1.807) is 13.8 Å². The summed E-state index contributed by atoms with van der Waals surface area (Å²) in [4.78, 5) is 18.9. The van der Waals surface area contributed by atoms with Gasteiger partial charge in [0.2, 0.25) is 0 Å². The highest BCUT2D eigenvalue weighted by atomic mass is 32.1. The molecular weight excluding hydrogens is 416 g/mol. The second-order valence-corrected chi connectivity index (χ2v) is 9.24. The second-order valence-electron chi connectivity index (χ2n) is 8.16. The zero-order valence-corrected chi connectivity index (χ0v) is 19.1. The molecule has 1 aromatic heterocycles. The largest absolute Gasteiger partial charge is 0.433 e. The van der Waals surface area contributed by atoms with E-state index < -0.39 is 11.0 Å². The van der Waals surface area contributed by atoms with Crippen molar-refractivity contribution in [2.75, 3.05) is 13.2 Å². The summed E-state index contributed by atoms with van der Waals surface area (Å²) in [6.45, 7) is 6.60. The highest BCUT2D eigenvalue weighted by Gasteiger charge is 2.23. The van der Waals surface area contributed by atoms with Crippen LogP contribution in [0.5, 0.6) is 0 Å². The second kappa shape index (κ2) is 11.5. The van der Waals surface area contributed by atoms with Gasteiger partial charge >= 0.3 is 6.09 Å². The molecule has 1 amide bonds. The van der Waals surface area contributed by atoms with Crippen LogP contribution in [0, 0.1) is 0 Å². The molecule has 2 N–H and O–H groups in total. The number of ether oxygens (including phenoxy) is 1. The van der Waals surface area contributed by atoms with Crippen LogP contribution in [-0.4, -0.2) is 50.2 Å². The van der Waals surface area contributed by atoms with Crippen LogP contribution in [-0.2, 0) is 29.3 Å². The van der Waals surface area contributed by atoms with Gasteiger partial charge in [-0.3, -0.25) is 14.4 Å². The minimum atomic E-state index is -0.828. The number of benzene rings is 1. The average molecular weight is 449 g/mol. The van der Waals surface area contributed by atoms with E-state index in [1.165, 1.54) is 12.8 Å². The lowest BCUT2D eigenvalue weighted by Gasteiger charge is -2.35. The molecule has 31 heavy (non-hydrogen) atoms. The molecule has 1 unspecified atom stereocenters. The summed E-state index contributed by atoms with van der Waals surface area (Å²) in [6.07, 6.45) is 4.79. The SMILES string of the molecule is CC(C)(S)OC(=O)NCc1cn(CC2CCCCN2CNOCc2ccccc2)nn1. The summed E-state index contributed by atoms with van der Waals surface area (Å²) in [5, 5.41) is 11.0. The fraction of sp³-hybridized carbons (Fsp3) is 0.571. The predicted octanol–water partition coefficient (Wildman–Crippen LogP) is 2.70. The van der Waals surface area contributed by atoms with Gasteiger partial charge in [-0.1, -0.05) is 42.0 Å². The lowest BCUT2D eigenvalue weighted by Crippen LogP contribution is -2.46. The quantitative estimate of drug-likeness (QED) is 0.223. The Balaban J connectivity index is 1.42. The molecule has 1 atom stereocenters. The summed E-state index contributed by atoms with van der Waals surface area (Å²) >= 11 is 4.18. The molecule has 0 bridgehead atoms. The zero-order chi connectivity index (χ0) is 22.1. The summed E-state index contributed by atoms with van der Waals surface area (Å²) in [7, 11) is 0. The van der Waals surface area contributed by atoms with Crippen molar-refractivity contribution >= 4 is 18.7 Å². The molecule has 3 rings (SSSR count). The summed E-state index contributed by atoms with van der Waals surface area (Å²) < 4.78 is 6.94. The minimum absolute atomic E-state index is 0.256. The molecule has 0 saturated carbocycles. The molecule has 2 aromatic rings. The van der Waals surface area contributed by atoms with Gasteiger partial charge in [-0.05, 0) is 38.8 Å². The molecule has 1 aliphatic heterocycles. The van der Waals surface area contributed by atoms with E-state index in [-0.39, 0.29) is 6.54 Å². The first kappa shape index (κ1) is 23.5. The topological polar surface area (TPSA) is 93.5 Å². The minimum Gasteiger partial charge on any atom is -0.433 e. The molecule has 1 saturated heterocycles. The van der Waals surface area contributed by atoms with Crippen LogP contribution in [0.25, 0.3) is 0 Å². The molecule has 0 radical (unpaired) electrons. The van der Waals surface area contributed by atoms with Crippen molar-refractivity contribution < 1.29 is 14.4 Å². The molecular formula is C21H32N6O3S. The van der Waals surface area contributed by atoms with Gasteiger partial charge in [0.05, 0.1) is 32.6 Å². The molecule has 2 heterocycles. The van der Waals surface area contributed by atoms with Crippen molar-refractivity contribution in [3.05, 3.63) is 47.8 Å². The molecule has 1 aliphatic rings. The van der Waals surface area contributed by atoms with Crippen LogP contribution in [0.4, 0.5) is 4.79 Å². The van der Waals surface area contributed by atoms with Crippen molar-refractivity contribution in [2.45, 2.75) is 63.8 Å². The third kappa shape index (κ3) is 8.48. The van der Waals surface area contributed by atoms with Crippen molar-refractivity contribution in [1.82, 2.24) is 30.7 Å². The number of nitrogens with one attached hydrogen (secondary N) is 2. The molecule has 1 aromatic carbocycles. The fourth-order valence-corrected chi connectivity index (χ4v) is 3.55. The number of hydrogen-bond acceptors (Lipinski definition) is 8. The van der Waals surface area contributed by atoms with Gasteiger partial charge in [0.15, 0.2) is 4.93 Å². The summed E-state index contributed by atoms with van der Waals surface area (Å²) in [5.74, 6) is 0. The first-order chi connectivity index (χ1) is 14.9. The Morgan fingerprint density at radius 1 is 1.29 bits per heavy atom. The maximum atomic E-state index is 11.8. The van der Waals surface area contributed by atoms with Crippen molar-refractivity contribution in [3.8, 4) is 0 Å². The van der Waals surface area contributed by atoms with Gasteiger partial charge in [0.25, 0.3) is 0 Å². The number of aromatic nitrogens is 3. The highest BCUT2D eigenvalue weighted by Crippen LogP contribution is 2.18. The van der Waals surface area contributed by atoms with Gasteiger partial charge < -0.3 is 10.1 Å². The third-order valence-corrected chi connectivity index (χ3v) is 5.03. The van der Waals surface area contributed by atoms with E-state index >= 15 is 0 Å². The molecule has 9 nitrogen and oxygen atoms in total. The standard InChI is InChI=1S/C21H32N6O3S/c1-21(2,31)30-20(28)22-12-18-13-27(25-24-18)14-19-10-6-7-11-26(19)16-23-29-15-17-8-4-3-5-9-17/h3-5,8-9,13,19,23,31H,6-7,10-12,14-16H2,1-2H3,(H,22,28). The Labute approximate surface area is 188 Å². The van der Waals surface area contributed by atoms with Crippen LogP contribution in [0.15, 0.2) is 36.5 Å². The predicted molar refractivity (Wildman–Crippen MR) is 120 cm³/mol. The van der Waals surface area contributed by atoms with Crippen LogP contribution < -0.4 is 10.8 Å². The number of piperidine rings is 1. The number of amides is 1. The number of rotatable bonds is 10. The zero-order valence-electron chi connectivity index (χ0n) is 18.2. The van der Waals surface area contributed by atoms with Gasteiger partial charge in [-0.25, -0.2) is 4.79 Å². The first-order valence-corrected chi connectivity index (χ1v) is 11.0. The maximum Gasteiger partial charge on any atom is 0.408 e. The number of nitrogens with zero attached hydrogens (tertiary/aromatic N) is 4. The van der Waals surface area contributed by atoms with Crippen molar-refractivity contribution in [3.63, 3.8) is 0 Å². The number of carbonyl (C=O) groups is 1. The molecule has 0 aliphatic carbocycles. The Kier molecular flexibility index (Phi) is 8.70. The Hall–Kier alpha value is -2.14. The Morgan fingerprint density at radius 3 is 2.87 bits per heavy atom. The van der Waals surface area contributed by atoms with Crippen LogP contribution in [0.1, 0.15) is 44.4 Å². The van der Waals surface area contributed by atoms with Crippen LogP contribution in [0.2, 0.25) is 0 Å². The van der Waals surface area contributed by atoms with Gasteiger partial charge in [0, 0.05) is 6.04 Å². The van der Waals surface area contributed by atoms with Crippen LogP contribution >= 0.6 is 12.6 Å². The van der Waals surface area contributed by atoms with Crippen molar-refractivity contribution in [2.24, 2.45) is 0 Å². The van der Waals surface area contributed by atoms with Gasteiger partial charge in [0.1, 0.15) is 5.69 Å². The third-order valence-electron chi connectivity index (χ3n) is 4.94. The van der Waals surface area contributed by atoms with Crippen molar-refractivity contribution in [1.29, 1.82) is 0 Å². The smallest absolute Gasteiger partial charge is 0.408 e. The van der Waals surface area contributed by atoms with E-state index in [0.717, 1.165) is 25.1 Å². The highest BCUT2D eigenvalue weighted by molar-refractivity contribution is 7.81. The number of alkyl carbamates (subject to hydrolysis) is 1. The lowest BCUT2D eigenvalue weighted by molar-refractivity contribution is -0.0206. The maximum absolute atomic E-state index is 11.8. The summed E-state index contributed by atoms with van der Waals surface area (Å²) in [6, 6.07) is 10.4. The molecule has 10 heteroatoms. The van der Waals surface area contributed by atoms with E-state index in [9.17, 15) is 4.79 Å². The van der Waals surface area contributed by atoms with E-state index in [0.29, 0.717) is 25.0 Å². The van der Waals surface area contributed by atoms with Gasteiger partial charge in [-0.2, -0.15) is 5.48 Å². The number of carbonyl (C=O) groups excluding carboxylic acids is 1. The number of likely N-dealkylation sites (tertiary alicyclic amines) is 1. The Bertz CT molecular complexity index is 811. The molecule has 170 valence electrons. The lowest BCUT2D eigenvalue weighted by atomic mass is 10.0. The summed E-state index contributed by atoms with van der Waals surface area (Å²) in [5.41, 5.74) is 4.90. The fourth-order valence-electron chi connectivity index (χ4n) is 3.46. The number of hydrogen-bond donors (Lipinski definition) is 3. The normalized spacial score (nSPS) is 17.5. The molecule has 1 fully saturated rings. The van der Waals surface area contributed by atoms with E-state index in [2.05, 4.69) is 38.6 Å². The van der Waals surface area contributed by atoms with E-state index in [1.807, 2.05) is 41.2 Å². The van der Waals surface area contributed by atoms with Crippen LogP contribution in [0.3, 0.4) is 0 Å². The number of thiol groups is 1. The monoisotopic (exact) mass is 448 g/mol. The van der Waals surface area contributed by atoms with E-state index in [4.69, 9.17) is 9.57 Å². The average Bonchev–Trinajstić information content (AvgIpc) is 3.18. The number of hydroxylamine groups is 1. The molecule has 0 spiro atoms.